The minimum Gasteiger partial charge on any atom is -0.550 e. The lowest BCUT2D eigenvalue weighted by Crippen LogP contribution is -2.26. The summed E-state index contributed by atoms with van der Waals surface area (Å²) in [7, 11) is 0. The molecule has 0 unspecified atom stereocenters. The van der Waals surface area contributed by atoms with Gasteiger partial charge in [0.2, 0.25) is 5.95 Å². The van der Waals surface area contributed by atoms with Gasteiger partial charge < -0.3 is 15.6 Å². The smallest absolute Gasteiger partial charge is 0.254 e. The third kappa shape index (κ3) is 1.56. The number of carbonyl (C=O) groups is 1. The van der Waals surface area contributed by atoms with Crippen LogP contribution in [0.3, 0.4) is 0 Å². The normalized spacial score (nSPS) is 10.9. The molecule has 2 aromatic heterocycles. The number of hydrogen-bond donors (Lipinski definition) is 1. The summed E-state index contributed by atoms with van der Waals surface area (Å²) < 4.78 is 1.43. The van der Waals surface area contributed by atoms with Crippen LogP contribution in [0, 0.1) is 13.8 Å². The fourth-order valence-electron chi connectivity index (χ4n) is 1.62. The Kier molecular flexibility index (Phi) is 2.22. The highest BCUT2D eigenvalue weighted by Crippen LogP contribution is 2.14. The Bertz CT molecular complexity index is 575. The molecule has 0 aliphatic heterocycles. The number of nitrogens with two attached hydrogens (primary N) is 1. The summed E-state index contributed by atoms with van der Waals surface area (Å²) in [5, 5.41) is 14.5. The molecule has 0 fully saturated rings. The van der Waals surface area contributed by atoms with Crippen molar-refractivity contribution in [2.75, 3.05) is 5.73 Å². The van der Waals surface area contributed by atoms with Crippen LogP contribution in [0.25, 0.3) is 5.78 Å². The van der Waals surface area contributed by atoms with Gasteiger partial charge in [-0.25, -0.2) is 4.98 Å². The highest BCUT2D eigenvalue weighted by Gasteiger charge is 2.12. The van der Waals surface area contributed by atoms with Gasteiger partial charge in [0, 0.05) is 29.3 Å². The van der Waals surface area contributed by atoms with E-state index in [9.17, 15) is 9.90 Å². The van der Waals surface area contributed by atoms with E-state index in [1.165, 1.54) is 4.52 Å². The predicted octanol–water partition coefficient (Wildman–Crippen LogP) is -1.38. The lowest BCUT2D eigenvalue weighted by molar-refractivity contribution is -0.304. The van der Waals surface area contributed by atoms with E-state index in [-0.39, 0.29) is 12.4 Å². The molecule has 0 bridgehead atoms. The first-order valence-corrected chi connectivity index (χ1v) is 4.67. The molecule has 0 aliphatic rings. The molecule has 2 rings (SSSR count). The van der Waals surface area contributed by atoms with E-state index in [0.29, 0.717) is 22.7 Å². The zero-order valence-corrected chi connectivity index (χ0v) is 8.89. The lowest BCUT2D eigenvalue weighted by Gasteiger charge is -2.10. The summed E-state index contributed by atoms with van der Waals surface area (Å²) in [6, 6.07) is 0. The van der Waals surface area contributed by atoms with Gasteiger partial charge in [-0.1, -0.05) is 0 Å². The molecule has 7 nitrogen and oxygen atoms in total. The Morgan fingerprint density at radius 2 is 2.12 bits per heavy atom. The molecule has 0 saturated heterocycles. The van der Waals surface area contributed by atoms with Crippen LogP contribution in [0.2, 0.25) is 0 Å². The van der Waals surface area contributed by atoms with Gasteiger partial charge >= 0.3 is 0 Å². The van der Waals surface area contributed by atoms with Gasteiger partial charge in [0.15, 0.2) is 0 Å². The molecular weight excluding hydrogens is 210 g/mol. The number of carbonyl (C=O) groups excluding carboxylic acids is 1. The number of carboxylic acids is 1. The van der Waals surface area contributed by atoms with Crippen molar-refractivity contribution in [1.29, 1.82) is 0 Å². The number of aromatic nitrogens is 4. The van der Waals surface area contributed by atoms with Gasteiger partial charge in [-0.05, 0) is 13.8 Å². The van der Waals surface area contributed by atoms with E-state index in [4.69, 9.17) is 5.73 Å². The van der Waals surface area contributed by atoms with E-state index in [2.05, 4.69) is 15.1 Å². The van der Waals surface area contributed by atoms with Crippen molar-refractivity contribution < 1.29 is 9.90 Å². The fourth-order valence-corrected chi connectivity index (χ4v) is 1.62. The van der Waals surface area contributed by atoms with Crippen LogP contribution in [-0.4, -0.2) is 25.6 Å². The second-order valence-corrected chi connectivity index (χ2v) is 3.49. The maximum atomic E-state index is 10.6. The molecule has 84 valence electrons. The van der Waals surface area contributed by atoms with Crippen molar-refractivity contribution in [3.05, 3.63) is 17.0 Å². The summed E-state index contributed by atoms with van der Waals surface area (Å²) in [5.41, 5.74) is 7.29. The minimum absolute atomic E-state index is 0.112. The van der Waals surface area contributed by atoms with Crippen molar-refractivity contribution in [3.8, 4) is 0 Å². The summed E-state index contributed by atoms with van der Waals surface area (Å²) in [6.07, 6.45) is -0.194. The van der Waals surface area contributed by atoms with Crippen LogP contribution in [0.1, 0.15) is 17.0 Å². The van der Waals surface area contributed by atoms with Crippen LogP contribution in [0.4, 0.5) is 5.95 Å². The molecule has 0 saturated carbocycles. The molecule has 16 heavy (non-hydrogen) atoms. The van der Waals surface area contributed by atoms with E-state index >= 15 is 0 Å². The first-order valence-electron chi connectivity index (χ1n) is 4.67. The van der Waals surface area contributed by atoms with Gasteiger partial charge in [0.25, 0.3) is 5.78 Å². The Morgan fingerprint density at radius 3 is 2.75 bits per heavy atom. The third-order valence-electron chi connectivity index (χ3n) is 2.39. The molecule has 2 heterocycles. The Morgan fingerprint density at radius 1 is 1.44 bits per heavy atom. The molecular formula is C9H10N5O2-. The van der Waals surface area contributed by atoms with E-state index < -0.39 is 5.97 Å². The van der Waals surface area contributed by atoms with Crippen LogP contribution >= 0.6 is 0 Å². The first kappa shape index (κ1) is 10.3. The van der Waals surface area contributed by atoms with Gasteiger partial charge in [-0.15, -0.1) is 5.10 Å². The number of nitrogens with zero attached hydrogens (tertiary/aromatic N) is 4. The quantitative estimate of drug-likeness (QED) is 0.667. The molecule has 0 aromatic carbocycles. The number of rotatable bonds is 2. The summed E-state index contributed by atoms with van der Waals surface area (Å²) in [6.45, 7) is 3.46. The molecule has 0 atom stereocenters. The van der Waals surface area contributed by atoms with Crippen molar-refractivity contribution in [1.82, 2.24) is 19.6 Å². The molecule has 2 aromatic rings. The monoisotopic (exact) mass is 220 g/mol. The Labute approximate surface area is 90.9 Å². The van der Waals surface area contributed by atoms with Gasteiger partial charge in [0.1, 0.15) is 0 Å². The molecule has 2 N–H and O–H groups in total. The Hall–Kier alpha value is -2.18. The maximum Gasteiger partial charge on any atom is 0.254 e. The van der Waals surface area contributed by atoms with Gasteiger partial charge in [-0.3, -0.25) is 0 Å². The average Bonchev–Trinajstić information content (AvgIpc) is 2.53. The number of nitrogen functional groups attached to an aromatic ring is 1. The van der Waals surface area contributed by atoms with Crippen molar-refractivity contribution in [3.63, 3.8) is 0 Å². The minimum atomic E-state index is -1.15. The number of hydrogen-bond acceptors (Lipinski definition) is 6. The SMILES string of the molecule is Cc1nc2nc(N)nn2c(C)c1CC(=O)[O-]. The molecule has 0 spiro atoms. The number of anilines is 1. The van der Waals surface area contributed by atoms with Crippen LogP contribution in [-0.2, 0) is 11.2 Å². The highest BCUT2D eigenvalue weighted by molar-refractivity contribution is 5.69. The summed E-state index contributed by atoms with van der Waals surface area (Å²) in [5.74, 6) is -0.671. The van der Waals surface area contributed by atoms with Gasteiger partial charge in [0.05, 0.1) is 0 Å². The van der Waals surface area contributed by atoms with Crippen LogP contribution < -0.4 is 10.8 Å². The van der Waals surface area contributed by atoms with E-state index in [1.807, 2.05) is 0 Å². The summed E-state index contributed by atoms with van der Waals surface area (Å²) >= 11 is 0. The highest BCUT2D eigenvalue weighted by atomic mass is 16.4. The van der Waals surface area contributed by atoms with Crippen molar-refractivity contribution in [2.45, 2.75) is 20.3 Å². The zero-order chi connectivity index (χ0) is 11.9. The second-order valence-electron chi connectivity index (χ2n) is 3.49. The molecule has 0 aliphatic carbocycles. The largest absolute Gasteiger partial charge is 0.550 e. The average molecular weight is 220 g/mol. The maximum absolute atomic E-state index is 10.6. The number of fused-ring (bicyclic) bond motifs is 1. The fraction of sp³-hybridized carbons (Fsp3) is 0.333. The topological polar surface area (TPSA) is 109 Å². The van der Waals surface area contributed by atoms with E-state index in [0.717, 1.165) is 0 Å². The number of aliphatic carboxylic acids is 1. The van der Waals surface area contributed by atoms with Crippen molar-refractivity contribution >= 4 is 17.7 Å². The molecule has 7 heteroatoms. The Balaban J connectivity index is 2.69. The van der Waals surface area contributed by atoms with Crippen LogP contribution in [0.15, 0.2) is 0 Å². The predicted molar refractivity (Wildman–Crippen MR) is 53.4 cm³/mol. The number of carboxylic acid groups (broad SMARTS) is 1. The van der Waals surface area contributed by atoms with Gasteiger partial charge in [-0.2, -0.15) is 9.50 Å². The third-order valence-corrected chi connectivity index (χ3v) is 2.39. The molecule has 0 amide bonds. The summed E-state index contributed by atoms with van der Waals surface area (Å²) in [4.78, 5) is 18.6. The lowest BCUT2D eigenvalue weighted by atomic mass is 10.1. The van der Waals surface area contributed by atoms with E-state index in [1.54, 1.807) is 13.8 Å². The van der Waals surface area contributed by atoms with Crippen LogP contribution in [0.5, 0.6) is 0 Å². The number of aryl methyl sites for hydroxylation is 2. The molecule has 0 radical (unpaired) electrons. The standard InChI is InChI=1S/C9H11N5O2/c1-4-6(3-7(15)16)5(2)14-9(11-4)12-8(10)13-14/h3H2,1-2H3,(H2,10,13)(H,15,16)/p-1. The first-order chi connectivity index (χ1) is 7.49. The second kappa shape index (κ2) is 3.44. The zero-order valence-electron chi connectivity index (χ0n) is 8.89. The van der Waals surface area contributed by atoms with Crippen molar-refractivity contribution in [2.24, 2.45) is 0 Å².